The Morgan fingerprint density at radius 1 is 1.25 bits per heavy atom. The van der Waals surface area contributed by atoms with E-state index in [4.69, 9.17) is 5.73 Å². The molecule has 0 amide bonds. The van der Waals surface area contributed by atoms with E-state index in [1.165, 1.54) is 19.4 Å². The van der Waals surface area contributed by atoms with E-state index in [2.05, 4.69) is 25.7 Å². The van der Waals surface area contributed by atoms with Crippen molar-refractivity contribution in [2.75, 3.05) is 13.1 Å². The first-order valence-electron chi connectivity index (χ1n) is 5.09. The van der Waals surface area contributed by atoms with Gasteiger partial charge in [0, 0.05) is 25.2 Å². The van der Waals surface area contributed by atoms with E-state index in [0.717, 1.165) is 18.5 Å². The molecular formula is C10H22N2. The minimum absolute atomic E-state index is 0.323. The lowest BCUT2D eigenvalue weighted by Crippen LogP contribution is -2.39. The van der Waals surface area contributed by atoms with Crippen LogP contribution in [0.15, 0.2) is 0 Å². The van der Waals surface area contributed by atoms with Crippen LogP contribution in [0, 0.1) is 5.92 Å². The Labute approximate surface area is 76.1 Å². The molecule has 1 aliphatic carbocycles. The summed E-state index contributed by atoms with van der Waals surface area (Å²) in [6.45, 7) is 8.93. The lowest BCUT2D eigenvalue weighted by Gasteiger charge is -2.25. The Kier molecular flexibility index (Phi) is 3.53. The fourth-order valence-corrected chi connectivity index (χ4v) is 1.65. The Balaban J connectivity index is 2.27. The lowest BCUT2D eigenvalue weighted by molar-refractivity contribution is 0.224. The van der Waals surface area contributed by atoms with Crippen LogP contribution in [-0.2, 0) is 0 Å². The summed E-state index contributed by atoms with van der Waals surface area (Å²) in [5.74, 6) is 0.768. The van der Waals surface area contributed by atoms with E-state index in [0.29, 0.717) is 6.04 Å². The average molecular weight is 170 g/mol. The second kappa shape index (κ2) is 4.24. The van der Waals surface area contributed by atoms with Crippen LogP contribution >= 0.6 is 0 Å². The van der Waals surface area contributed by atoms with Gasteiger partial charge < -0.3 is 5.73 Å². The van der Waals surface area contributed by atoms with Crippen LogP contribution in [0.4, 0.5) is 0 Å². The van der Waals surface area contributed by atoms with Gasteiger partial charge in [-0.25, -0.2) is 0 Å². The van der Waals surface area contributed by atoms with E-state index in [-0.39, 0.29) is 0 Å². The fourth-order valence-electron chi connectivity index (χ4n) is 1.65. The van der Waals surface area contributed by atoms with Gasteiger partial charge in [-0.1, -0.05) is 13.8 Å². The molecule has 0 radical (unpaired) electrons. The van der Waals surface area contributed by atoms with Gasteiger partial charge in [0.15, 0.2) is 0 Å². The molecule has 2 N–H and O–H groups in total. The average Bonchev–Trinajstić information content (AvgIpc) is 2.63. The molecule has 0 unspecified atom stereocenters. The molecule has 1 atom stereocenters. The third-order valence-corrected chi connectivity index (χ3v) is 2.19. The highest BCUT2D eigenvalue weighted by Gasteiger charge is 2.29. The summed E-state index contributed by atoms with van der Waals surface area (Å²) in [6, 6.07) is 1.18. The van der Waals surface area contributed by atoms with Gasteiger partial charge in [-0.3, -0.25) is 4.90 Å². The summed E-state index contributed by atoms with van der Waals surface area (Å²) in [4.78, 5) is 2.55. The van der Waals surface area contributed by atoms with Gasteiger partial charge in [-0.2, -0.15) is 0 Å². The monoisotopic (exact) mass is 170 g/mol. The number of hydrogen-bond acceptors (Lipinski definition) is 2. The van der Waals surface area contributed by atoms with Crippen molar-refractivity contribution in [3.05, 3.63) is 0 Å². The van der Waals surface area contributed by atoms with Crippen molar-refractivity contribution < 1.29 is 0 Å². The van der Waals surface area contributed by atoms with Crippen LogP contribution in [0.25, 0.3) is 0 Å². The fraction of sp³-hybridized carbons (Fsp3) is 1.00. The highest BCUT2D eigenvalue weighted by molar-refractivity contribution is 4.86. The van der Waals surface area contributed by atoms with E-state index in [1.807, 2.05) is 0 Å². The van der Waals surface area contributed by atoms with Crippen molar-refractivity contribution in [3.8, 4) is 0 Å². The maximum Gasteiger partial charge on any atom is 0.0139 e. The number of nitrogens with zero attached hydrogens (tertiary/aromatic N) is 1. The van der Waals surface area contributed by atoms with Crippen LogP contribution < -0.4 is 5.73 Å². The SMILES string of the molecule is CC(C)CN(C[C@@H](C)N)C1CC1. The van der Waals surface area contributed by atoms with Crippen LogP contribution in [-0.4, -0.2) is 30.1 Å². The van der Waals surface area contributed by atoms with Gasteiger partial charge in [-0.15, -0.1) is 0 Å². The Morgan fingerprint density at radius 3 is 2.17 bits per heavy atom. The third-order valence-electron chi connectivity index (χ3n) is 2.19. The molecule has 72 valence electrons. The third kappa shape index (κ3) is 3.55. The van der Waals surface area contributed by atoms with Gasteiger partial charge >= 0.3 is 0 Å². The second-order valence-corrected chi connectivity index (χ2v) is 4.56. The highest BCUT2D eigenvalue weighted by Crippen LogP contribution is 2.27. The molecule has 0 aromatic rings. The summed E-state index contributed by atoms with van der Waals surface area (Å²) in [5, 5.41) is 0. The lowest BCUT2D eigenvalue weighted by atomic mass is 10.2. The van der Waals surface area contributed by atoms with E-state index in [1.54, 1.807) is 0 Å². The van der Waals surface area contributed by atoms with Crippen molar-refractivity contribution in [1.29, 1.82) is 0 Å². The predicted molar refractivity (Wildman–Crippen MR) is 53.1 cm³/mol. The van der Waals surface area contributed by atoms with Gasteiger partial charge in [0.2, 0.25) is 0 Å². The molecule has 0 heterocycles. The number of nitrogens with two attached hydrogens (primary N) is 1. The zero-order chi connectivity index (χ0) is 9.14. The van der Waals surface area contributed by atoms with Crippen LogP contribution in [0.2, 0.25) is 0 Å². The largest absolute Gasteiger partial charge is 0.327 e. The molecule has 0 bridgehead atoms. The molecular weight excluding hydrogens is 148 g/mol. The summed E-state index contributed by atoms with van der Waals surface area (Å²) < 4.78 is 0. The molecule has 1 fully saturated rings. The molecule has 0 aromatic heterocycles. The quantitative estimate of drug-likeness (QED) is 0.676. The first-order valence-corrected chi connectivity index (χ1v) is 5.09. The molecule has 0 aliphatic heterocycles. The molecule has 1 aliphatic rings. The summed E-state index contributed by atoms with van der Waals surface area (Å²) >= 11 is 0. The van der Waals surface area contributed by atoms with Gasteiger partial charge in [0.1, 0.15) is 0 Å². The summed E-state index contributed by atoms with van der Waals surface area (Å²) in [6.07, 6.45) is 2.78. The van der Waals surface area contributed by atoms with Crippen molar-refractivity contribution in [2.24, 2.45) is 11.7 Å². The smallest absolute Gasteiger partial charge is 0.0139 e. The molecule has 0 aromatic carbocycles. The Morgan fingerprint density at radius 2 is 1.83 bits per heavy atom. The van der Waals surface area contributed by atoms with Crippen molar-refractivity contribution >= 4 is 0 Å². The number of hydrogen-bond donors (Lipinski definition) is 1. The number of rotatable bonds is 5. The van der Waals surface area contributed by atoms with Gasteiger partial charge in [0.05, 0.1) is 0 Å². The van der Waals surface area contributed by atoms with Crippen molar-refractivity contribution in [1.82, 2.24) is 4.90 Å². The van der Waals surface area contributed by atoms with Gasteiger partial charge in [-0.05, 0) is 25.7 Å². The molecule has 0 spiro atoms. The van der Waals surface area contributed by atoms with Crippen molar-refractivity contribution in [3.63, 3.8) is 0 Å². The zero-order valence-electron chi connectivity index (χ0n) is 8.59. The standard InChI is InChI=1S/C10H22N2/c1-8(2)6-12(7-9(3)11)10-4-5-10/h8-10H,4-7,11H2,1-3H3/t9-/m1/s1. The van der Waals surface area contributed by atoms with E-state index < -0.39 is 0 Å². The normalized spacial score (nSPS) is 20.5. The predicted octanol–water partition coefficient (Wildman–Crippen LogP) is 1.45. The van der Waals surface area contributed by atoms with Crippen LogP contribution in [0.3, 0.4) is 0 Å². The summed E-state index contributed by atoms with van der Waals surface area (Å²) in [7, 11) is 0. The van der Waals surface area contributed by atoms with Crippen molar-refractivity contribution in [2.45, 2.75) is 45.7 Å². The van der Waals surface area contributed by atoms with Crippen LogP contribution in [0.1, 0.15) is 33.6 Å². The Bertz CT molecular complexity index is 118. The topological polar surface area (TPSA) is 29.3 Å². The second-order valence-electron chi connectivity index (χ2n) is 4.56. The maximum atomic E-state index is 5.79. The Hall–Kier alpha value is -0.0800. The molecule has 1 saturated carbocycles. The maximum absolute atomic E-state index is 5.79. The van der Waals surface area contributed by atoms with E-state index >= 15 is 0 Å². The zero-order valence-corrected chi connectivity index (χ0v) is 8.59. The van der Waals surface area contributed by atoms with Gasteiger partial charge in [0.25, 0.3) is 0 Å². The minimum Gasteiger partial charge on any atom is -0.327 e. The minimum atomic E-state index is 0.323. The summed E-state index contributed by atoms with van der Waals surface area (Å²) in [5.41, 5.74) is 5.79. The van der Waals surface area contributed by atoms with Crippen LogP contribution in [0.5, 0.6) is 0 Å². The first-order chi connectivity index (χ1) is 5.59. The molecule has 2 nitrogen and oxygen atoms in total. The van der Waals surface area contributed by atoms with E-state index in [9.17, 15) is 0 Å². The molecule has 12 heavy (non-hydrogen) atoms. The molecule has 0 saturated heterocycles. The molecule has 1 rings (SSSR count). The first kappa shape index (κ1) is 10.0. The highest BCUT2D eigenvalue weighted by atomic mass is 15.2. The molecule has 2 heteroatoms.